The first-order valence-corrected chi connectivity index (χ1v) is 15.4. The molecule has 0 radical (unpaired) electrons. The normalized spacial score (nSPS) is 13.8. The summed E-state index contributed by atoms with van der Waals surface area (Å²) in [6.45, 7) is 8.03. The lowest BCUT2D eigenvalue weighted by atomic mass is 10.1. The van der Waals surface area contributed by atoms with Gasteiger partial charge in [0.1, 0.15) is 35.7 Å². The van der Waals surface area contributed by atoms with Crippen LogP contribution >= 0.6 is 0 Å². The summed E-state index contributed by atoms with van der Waals surface area (Å²) < 4.78 is 4.25. The molecule has 4 atom stereocenters. The number of amides is 3. The number of benzene rings is 1. The largest absolute Gasteiger partial charge is 0.481 e. The van der Waals surface area contributed by atoms with Crippen LogP contribution in [-0.2, 0) is 44.1 Å². The molecule has 0 aliphatic rings. The van der Waals surface area contributed by atoms with Crippen molar-refractivity contribution in [1.29, 1.82) is 0 Å². The highest BCUT2D eigenvalue weighted by Crippen LogP contribution is 2.16. The molecule has 0 aliphatic heterocycles. The zero-order chi connectivity index (χ0) is 36.6. The molecule has 49 heavy (non-hydrogen) atoms. The smallest absolute Gasteiger partial charge is 0.332 e. The van der Waals surface area contributed by atoms with Gasteiger partial charge >= 0.3 is 17.6 Å². The van der Waals surface area contributed by atoms with Crippen molar-refractivity contribution in [2.24, 2.45) is 7.05 Å². The summed E-state index contributed by atoms with van der Waals surface area (Å²) >= 11 is 0. The van der Waals surface area contributed by atoms with Crippen molar-refractivity contribution >= 4 is 53.0 Å². The second kappa shape index (κ2) is 16.4. The number of nitrogens with zero attached hydrogens (tertiary/aromatic N) is 4. The van der Waals surface area contributed by atoms with E-state index in [9.17, 15) is 38.7 Å². The van der Waals surface area contributed by atoms with Crippen LogP contribution in [0.15, 0.2) is 33.9 Å². The summed E-state index contributed by atoms with van der Waals surface area (Å²) in [5.74, 6) is -4.45. The van der Waals surface area contributed by atoms with Crippen LogP contribution in [-0.4, -0.2) is 82.7 Å². The number of aryl methyl sites for hydroxylation is 2. The van der Waals surface area contributed by atoms with Gasteiger partial charge in [0.15, 0.2) is 11.2 Å². The quantitative estimate of drug-likeness (QED) is 0.104. The summed E-state index contributed by atoms with van der Waals surface area (Å²) in [6, 6.07) is 1.60. The molecule has 0 aliphatic carbocycles. The van der Waals surface area contributed by atoms with Crippen LogP contribution in [0.5, 0.6) is 5.75 Å². The van der Waals surface area contributed by atoms with Gasteiger partial charge < -0.3 is 35.6 Å². The third-order valence-electron chi connectivity index (χ3n) is 7.45. The number of aliphatic carboxylic acids is 2. The number of carboxylic acids is 2. The number of hydrogen-bond acceptors (Lipinski definition) is 10. The zero-order valence-corrected chi connectivity index (χ0v) is 27.8. The van der Waals surface area contributed by atoms with E-state index in [2.05, 4.69) is 26.4 Å². The van der Waals surface area contributed by atoms with Gasteiger partial charge in [0, 0.05) is 20.1 Å². The van der Waals surface area contributed by atoms with Crippen molar-refractivity contribution < 1.29 is 39.0 Å². The number of nitrogens with one attached hydrogen (secondary N) is 4. The van der Waals surface area contributed by atoms with Crippen LogP contribution in [0.4, 0.5) is 0 Å². The molecule has 2 heterocycles. The standard InChI is InChI=1S/C31H40N8O10/c1-7-38-25-24(29(45)39(8-2)31(38)48)37(6)22(35-25)14-11-19-9-12-20(13-10-19)49-36-17(4)27(43)34-21(15-23(40)41)28(44)32-16(3)26(42)33-18(5)30(46)47/h9-14,16-18,21,36H,7-8,15H2,1-6H3,(H,32,44)(H,33,42)(H,34,43)(H,40,41)(H,46,47)/b14-11+. The van der Waals surface area contributed by atoms with Crippen molar-refractivity contribution in [3.05, 3.63) is 56.5 Å². The lowest BCUT2D eigenvalue weighted by Gasteiger charge is -2.22. The maximum absolute atomic E-state index is 12.9. The predicted molar refractivity (Wildman–Crippen MR) is 176 cm³/mol. The highest BCUT2D eigenvalue weighted by molar-refractivity contribution is 5.95. The molecule has 264 valence electrons. The highest BCUT2D eigenvalue weighted by Gasteiger charge is 2.29. The number of imidazole rings is 1. The predicted octanol–water partition coefficient (Wildman–Crippen LogP) is -0.568. The zero-order valence-electron chi connectivity index (χ0n) is 27.8. The van der Waals surface area contributed by atoms with Crippen LogP contribution in [0.25, 0.3) is 23.3 Å². The second-order valence-electron chi connectivity index (χ2n) is 11.1. The average molecular weight is 685 g/mol. The minimum absolute atomic E-state index is 0.234. The highest BCUT2D eigenvalue weighted by atomic mass is 16.6. The van der Waals surface area contributed by atoms with Crippen LogP contribution < -0.4 is 37.5 Å². The fourth-order valence-electron chi connectivity index (χ4n) is 4.58. The summed E-state index contributed by atoms with van der Waals surface area (Å²) in [4.78, 5) is 95.6. The second-order valence-corrected chi connectivity index (χ2v) is 11.1. The molecule has 4 unspecified atom stereocenters. The van der Waals surface area contributed by atoms with Gasteiger partial charge in [0.2, 0.25) is 17.7 Å². The van der Waals surface area contributed by atoms with Crippen molar-refractivity contribution in [2.45, 2.75) is 78.3 Å². The van der Waals surface area contributed by atoms with Crippen LogP contribution in [0.3, 0.4) is 0 Å². The van der Waals surface area contributed by atoms with E-state index >= 15 is 0 Å². The monoisotopic (exact) mass is 684 g/mol. The van der Waals surface area contributed by atoms with E-state index in [0.29, 0.717) is 29.3 Å². The van der Waals surface area contributed by atoms with E-state index in [0.717, 1.165) is 5.56 Å². The Hall–Kier alpha value is -5.78. The van der Waals surface area contributed by atoms with Gasteiger partial charge in [-0.1, -0.05) is 18.2 Å². The molecular weight excluding hydrogens is 644 g/mol. The van der Waals surface area contributed by atoms with Gasteiger partial charge in [-0.25, -0.2) is 9.78 Å². The van der Waals surface area contributed by atoms with Gasteiger partial charge in [0.25, 0.3) is 5.56 Å². The number of carbonyl (C=O) groups excluding carboxylic acids is 3. The van der Waals surface area contributed by atoms with E-state index in [1.54, 1.807) is 61.9 Å². The van der Waals surface area contributed by atoms with E-state index in [1.165, 1.54) is 29.9 Å². The third-order valence-corrected chi connectivity index (χ3v) is 7.45. The van der Waals surface area contributed by atoms with Crippen molar-refractivity contribution in [1.82, 2.24) is 40.1 Å². The molecule has 18 heteroatoms. The Morgan fingerprint density at radius 2 is 1.43 bits per heavy atom. The van der Waals surface area contributed by atoms with Crippen LogP contribution in [0.2, 0.25) is 0 Å². The number of rotatable bonds is 16. The van der Waals surface area contributed by atoms with Crippen LogP contribution in [0, 0.1) is 0 Å². The fourth-order valence-corrected chi connectivity index (χ4v) is 4.58. The maximum Gasteiger partial charge on any atom is 0.332 e. The average Bonchev–Trinajstić information content (AvgIpc) is 3.38. The summed E-state index contributed by atoms with van der Waals surface area (Å²) in [7, 11) is 1.70. The topological polar surface area (TPSA) is 245 Å². The number of fused-ring (bicyclic) bond motifs is 1. The van der Waals surface area contributed by atoms with Gasteiger partial charge in [-0.15, -0.1) is 5.48 Å². The van der Waals surface area contributed by atoms with Crippen LogP contribution in [0.1, 0.15) is 52.4 Å². The van der Waals surface area contributed by atoms with Gasteiger partial charge in [0.05, 0.1) is 6.42 Å². The summed E-state index contributed by atoms with van der Waals surface area (Å²) in [5.41, 5.74) is 3.04. The lowest BCUT2D eigenvalue weighted by molar-refractivity contribution is -0.143. The minimum Gasteiger partial charge on any atom is -0.481 e. The molecule has 3 rings (SSSR count). The van der Waals surface area contributed by atoms with Crippen molar-refractivity contribution in [3.8, 4) is 5.75 Å². The first kappa shape index (κ1) is 37.7. The molecule has 0 bridgehead atoms. The van der Waals surface area contributed by atoms with Gasteiger partial charge in [-0.3, -0.25) is 37.9 Å². The molecule has 3 amide bonds. The Labute approximate surface area is 279 Å². The Morgan fingerprint density at radius 1 is 0.837 bits per heavy atom. The molecule has 6 N–H and O–H groups in total. The van der Waals surface area contributed by atoms with Crippen molar-refractivity contribution in [3.63, 3.8) is 0 Å². The Balaban J connectivity index is 1.62. The molecule has 0 saturated heterocycles. The Kier molecular flexibility index (Phi) is 12.6. The Morgan fingerprint density at radius 3 is 2.00 bits per heavy atom. The van der Waals surface area contributed by atoms with Gasteiger partial charge in [-0.05, 0) is 58.4 Å². The first-order chi connectivity index (χ1) is 23.1. The minimum atomic E-state index is -1.55. The molecule has 0 saturated carbocycles. The number of aromatic nitrogens is 4. The van der Waals surface area contributed by atoms with E-state index < -0.39 is 71.5 Å². The fraction of sp³-hybridized carbons (Fsp3) is 0.419. The molecule has 18 nitrogen and oxygen atoms in total. The third kappa shape index (κ3) is 9.19. The summed E-state index contributed by atoms with van der Waals surface area (Å²) in [6.07, 6.45) is 2.67. The van der Waals surface area contributed by atoms with E-state index in [-0.39, 0.29) is 6.54 Å². The van der Waals surface area contributed by atoms with E-state index in [1.807, 2.05) is 0 Å². The number of hydroxylamine groups is 1. The Bertz CT molecular complexity index is 1880. The van der Waals surface area contributed by atoms with Gasteiger partial charge in [-0.2, -0.15) is 0 Å². The van der Waals surface area contributed by atoms with E-state index in [4.69, 9.17) is 9.94 Å². The van der Waals surface area contributed by atoms with Crippen molar-refractivity contribution in [2.75, 3.05) is 0 Å². The number of hydrogen-bond donors (Lipinski definition) is 6. The maximum atomic E-state index is 12.9. The molecule has 3 aromatic rings. The summed E-state index contributed by atoms with van der Waals surface area (Å²) in [5, 5.41) is 24.9. The molecular formula is C31H40N8O10. The lowest BCUT2D eigenvalue weighted by Crippen LogP contribution is -2.56. The number of carbonyl (C=O) groups is 5. The molecule has 2 aromatic heterocycles. The molecule has 0 spiro atoms. The molecule has 0 fully saturated rings. The first-order valence-electron chi connectivity index (χ1n) is 15.4. The molecule has 1 aromatic carbocycles. The SMILES string of the molecule is CCn1c(=O)c2c(nc(/C=C/c3ccc(ONC(C)C(=O)NC(CC(=O)O)C(=O)NC(C)C(=O)NC(C)C(=O)O)cc3)n2C)n(CC)c1=O. The number of carboxylic acid groups (broad SMARTS) is 2.